The molecule has 0 aliphatic carbocycles. The maximum atomic E-state index is 12.6. The first-order valence-corrected chi connectivity index (χ1v) is 9.40. The minimum Gasteiger partial charge on any atom is -0.375 e. The van der Waals surface area contributed by atoms with Crippen molar-refractivity contribution in [3.63, 3.8) is 0 Å². The first-order valence-electron chi connectivity index (χ1n) is 6.84. The number of aryl methyl sites for hydroxylation is 1. The Balaban J connectivity index is 2.16. The lowest BCUT2D eigenvalue weighted by Crippen LogP contribution is -2.46. The highest BCUT2D eigenvalue weighted by molar-refractivity contribution is 9.09. The van der Waals surface area contributed by atoms with Gasteiger partial charge in [-0.1, -0.05) is 41.4 Å². The zero-order valence-electron chi connectivity index (χ0n) is 11.6. The predicted octanol–water partition coefficient (Wildman–Crippen LogP) is 2.42. The van der Waals surface area contributed by atoms with Crippen LogP contribution >= 0.6 is 15.9 Å². The predicted molar refractivity (Wildman–Crippen MR) is 82.7 cm³/mol. The number of nitrogens with zero attached hydrogens (tertiary/aromatic N) is 1. The standard InChI is InChI=1S/C14H20BrNO3S/c1-2-3-12-4-6-14(7-5-12)20(17,18)16-8-9-19-13(10-15)11-16/h4-7,13H,2-3,8-11H2,1H3. The average molecular weight is 362 g/mol. The molecular weight excluding hydrogens is 342 g/mol. The number of benzene rings is 1. The molecule has 0 radical (unpaired) electrons. The molecule has 0 bridgehead atoms. The Morgan fingerprint density at radius 2 is 2.05 bits per heavy atom. The third kappa shape index (κ3) is 3.61. The van der Waals surface area contributed by atoms with Crippen LogP contribution in [0.4, 0.5) is 0 Å². The quantitative estimate of drug-likeness (QED) is 0.756. The van der Waals surface area contributed by atoms with Gasteiger partial charge in [0.05, 0.1) is 17.6 Å². The van der Waals surface area contributed by atoms with Crippen LogP contribution in [0.2, 0.25) is 0 Å². The first kappa shape index (κ1) is 15.9. The third-order valence-electron chi connectivity index (χ3n) is 3.37. The van der Waals surface area contributed by atoms with Crippen LogP contribution in [-0.4, -0.2) is 43.9 Å². The van der Waals surface area contributed by atoms with E-state index in [0.717, 1.165) is 12.8 Å². The summed E-state index contributed by atoms with van der Waals surface area (Å²) in [5, 5.41) is 0.647. The van der Waals surface area contributed by atoms with Gasteiger partial charge in [0.15, 0.2) is 0 Å². The topological polar surface area (TPSA) is 46.6 Å². The maximum Gasteiger partial charge on any atom is 0.243 e. The van der Waals surface area contributed by atoms with Crippen LogP contribution in [0.5, 0.6) is 0 Å². The van der Waals surface area contributed by atoms with Crippen LogP contribution < -0.4 is 0 Å². The fourth-order valence-corrected chi connectivity index (χ4v) is 4.12. The molecule has 0 N–H and O–H groups in total. The summed E-state index contributed by atoms with van der Waals surface area (Å²) in [6.45, 7) is 3.38. The van der Waals surface area contributed by atoms with Crippen LogP contribution in [0, 0.1) is 0 Å². The summed E-state index contributed by atoms with van der Waals surface area (Å²) in [4.78, 5) is 0.368. The van der Waals surface area contributed by atoms with Crippen molar-refractivity contribution in [2.24, 2.45) is 0 Å². The van der Waals surface area contributed by atoms with Gasteiger partial charge in [0.2, 0.25) is 10.0 Å². The second-order valence-corrected chi connectivity index (χ2v) is 7.49. The molecule has 1 saturated heterocycles. The molecule has 4 nitrogen and oxygen atoms in total. The highest BCUT2D eigenvalue weighted by Crippen LogP contribution is 2.20. The van der Waals surface area contributed by atoms with Crippen molar-refractivity contribution in [1.82, 2.24) is 4.31 Å². The lowest BCUT2D eigenvalue weighted by atomic mass is 10.1. The molecule has 0 amide bonds. The van der Waals surface area contributed by atoms with E-state index in [1.165, 1.54) is 9.87 Å². The Labute approximate surface area is 129 Å². The summed E-state index contributed by atoms with van der Waals surface area (Å²) in [5.41, 5.74) is 1.17. The Hall–Kier alpha value is -0.430. The van der Waals surface area contributed by atoms with Gasteiger partial charge < -0.3 is 4.74 Å². The van der Waals surface area contributed by atoms with Crippen LogP contribution in [-0.2, 0) is 21.2 Å². The highest BCUT2D eigenvalue weighted by atomic mass is 79.9. The third-order valence-corrected chi connectivity index (χ3v) is 5.97. The second-order valence-electron chi connectivity index (χ2n) is 4.90. The first-order chi connectivity index (χ1) is 9.57. The normalized spacial score (nSPS) is 21.0. The van der Waals surface area contributed by atoms with Crippen molar-refractivity contribution in [2.45, 2.75) is 30.8 Å². The lowest BCUT2D eigenvalue weighted by Gasteiger charge is -2.31. The minimum atomic E-state index is -3.40. The molecule has 112 valence electrons. The fraction of sp³-hybridized carbons (Fsp3) is 0.571. The van der Waals surface area contributed by atoms with E-state index in [9.17, 15) is 8.42 Å². The molecule has 1 unspecified atom stereocenters. The van der Waals surface area contributed by atoms with E-state index < -0.39 is 10.0 Å². The zero-order chi connectivity index (χ0) is 14.6. The van der Waals surface area contributed by atoms with Gasteiger partial charge in [-0.2, -0.15) is 4.31 Å². The number of hydrogen-bond acceptors (Lipinski definition) is 3. The molecule has 1 atom stereocenters. The molecule has 1 aromatic carbocycles. The molecule has 2 rings (SSSR count). The lowest BCUT2D eigenvalue weighted by molar-refractivity contribution is 0.0136. The fourth-order valence-electron chi connectivity index (χ4n) is 2.27. The van der Waals surface area contributed by atoms with E-state index in [4.69, 9.17) is 4.74 Å². The Kier molecular flexibility index (Phi) is 5.60. The van der Waals surface area contributed by atoms with E-state index in [0.29, 0.717) is 29.9 Å². The zero-order valence-corrected chi connectivity index (χ0v) is 14.0. The largest absolute Gasteiger partial charge is 0.375 e. The number of halogens is 1. The summed E-state index contributed by atoms with van der Waals surface area (Å²) >= 11 is 3.34. The number of sulfonamides is 1. The van der Waals surface area contributed by atoms with E-state index >= 15 is 0 Å². The van der Waals surface area contributed by atoms with Gasteiger partial charge in [0.1, 0.15) is 0 Å². The van der Waals surface area contributed by atoms with E-state index in [1.807, 2.05) is 12.1 Å². The summed E-state index contributed by atoms with van der Waals surface area (Å²) in [5.74, 6) is 0. The van der Waals surface area contributed by atoms with Gasteiger partial charge in [-0.3, -0.25) is 0 Å². The molecule has 6 heteroatoms. The van der Waals surface area contributed by atoms with Crippen LogP contribution in [0.15, 0.2) is 29.2 Å². The van der Waals surface area contributed by atoms with E-state index in [1.54, 1.807) is 12.1 Å². The molecule has 1 aliphatic heterocycles. The molecule has 0 saturated carbocycles. The van der Waals surface area contributed by atoms with Gasteiger partial charge in [0, 0.05) is 18.4 Å². The number of hydrogen-bond donors (Lipinski definition) is 0. The van der Waals surface area contributed by atoms with Crippen molar-refractivity contribution in [2.75, 3.05) is 25.0 Å². The van der Waals surface area contributed by atoms with Gasteiger partial charge in [-0.05, 0) is 24.1 Å². The van der Waals surface area contributed by atoms with Gasteiger partial charge in [-0.15, -0.1) is 0 Å². The summed E-state index contributed by atoms with van der Waals surface area (Å²) < 4.78 is 32.1. The summed E-state index contributed by atoms with van der Waals surface area (Å²) in [6, 6.07) is 7.22. The smallest absolute Gasteiger partial charge is 0.243 e. The maximum absolute atomic E-state index is 12.6. The number of morpholine rings is 1. The van der Waals surface area contributed by atoms with E-state index in [-0.39, 0.29) is 6.10 Å². The number of rotatable bonds is 5. The second kappa shape index (κ2) is 7.02. The number of alkyl halides is 1. The van der Waals surface area contributed by atoms with Gasteiger partial charge in [0.25, 0.3) is 0 Å². The molecule has 0 aromatic heterocycles. The Morgan fingerprint density at radius 1 is 1.35 bits per heavy atom. The highest BCUT2D eigenvalue weighted by Gasteiger charge is 2.30. The Bertz CT molecular complexity index is 530. The van der Waals surface area contributed by atoms with Crippen molar-refractivity contribution in [3.8, 4) is 0 Å². The molecule has 20 heavy (non-hydrogen) atoms. The Morgan fingerprint density at radius 3 is 2.65 bits per heavy atom. The summed E-state index contributed by atoms with van der Waals surface area (Å²) in [7, 11) is -3.40. The molecular formula is C14H20BrNO3S. The summed E-state index contributed by atoms with van der Waals surface area (Å²) in [6.07, 6.45) is 1.96. The SMILES string of the molecule is CCCc1ccc(S(=O)(=O)N2CCOC(CBr)C2)cc1. The van der Waals surface area contributed by atoms with Crippen molar-refractivity contribution in [1.29, 1.82) is 0 Å². The average Bonchev–Trinajstić information content (AvgIpc) is 2.48. The molecule has 1 heterocycles. The van der Waals surface area contributed by atoms with E-state index in [2.05, 4.69) is 22.9 Å². The van der Waals surface area contributed by atoms with Crippen LogP contribution in [0.25, 0.3) is 0 Å². The van der Waals surface area contributed by atoms with Crippen LogP contribution in [0.3, 0.4) is 0 Å². The van der Waals surface area contributed by atoms with Gasteiger partial charge >= 0.3 is 0 Å². The van der Waals surface area contributed by atoms with Gasteiger partial charge in [-0.25, -0.2) is 8.42 Å². The van der Waals surface area contributed by atoms with Crippen molar-refractivity contribution >= 4 is 26.0 Å². The molecule has 0 spiro atoms. The molecule has 1 aromatic rings. The molecule has 1 aliphatic rings. The monoisotopic (exact) mass is 361 g/mol. The van der Waals surface area contributed by atoms with Crippen LogP contribution in [0.1, 0.15) is 18.9 Å². The number of ether oxygens (including phenoxy) is 1. The van der Waals surface area contributed by atoms with Crippen molar-refractivity contribution < 1.29 is 13.2 Å². The molecule has 1 fully saturated rings. The minimum absolute atomic E-state index is 0.0714. The van der Waals surface area contributed by atoms with Crippen molar-refractivity contribution in [3.05, 3.63) is 29.8 Å².